The molecule has 0 aliphatic rings. The van der Waals surface area contributed by atoms with Gasteiger partial charge in [-0.15, -0.1) is 0 Å². The molecule has 0 bridgehead atoms. The van der Waals surface area contributed by atoms with Crippen molar-refractivity contribution in [3.8, 4) is 0 Å². The van der Waals surface area contributed by atoms with E-state index in [1.54, 1.807) is 0 Å². The number of rotatable bonds is 8. The van der Waals surface area contributed by atoms with Crippen LogP contribution in [-0.2, 0) is 37.8 Å². The number of hydrogen-bond acceptors (Lipinski definition) is 8. The number of hydrogen-bond donors (Lipinski definition) is 0. The maximum Gasteiger partial charge on any atom is 0.436 e. The first-order valence-electron chi connectivity index (χ1n) is 6.81. The molecule has 0 saturated heterocycles. The summed E-state index contributed by atoms with van der Waals surface area (Å²) in [6.45, 7) is 0. The minimum atomic E-state index is -7.12. The molecular weight excluding hydrogens is 635 g/mol. The Kier molecular flexibility index (Phi) is 7.53. The van der Waals surface area contributed by atoms with Gasteiger partial charge in [0.15, 0.2) is 0 Å². The lowest BCUT2D eigenvalue weighted by Gasteiger charge is -2.25. The Labute approximate surface area is 193 Å². The van der Waals surface area contributed by atoms with E-state index in [1.807, 2.05) is 0 Å². The molecular formula is C10H3Cl3F8O8S4. The molecule has 23 heteroatoms. The zero-order valence-corrected chi connectivity index (χ0v) is 19.8. The van der Waals surface area contributed by atoms with Gasteiger partial charge in [-0.05, 0) is 18.2 Å². The minimum Gasteiger partial charge on any atom is -0.217 e. The van der Waals surface area contributed by atoms with E-state index in [0.29, 0.717) is 0 Å². The third kappa shape index (κ3) is 4.39. The maximum atomic E-state index is 14.0. The van der Waals surface area contributed by atoms with Crippen molar-refractivity contribution in [1.82, 2.24) is 0 Å². The summed E-state index contributed by atoms with van der Waals surface area (Å²) in [7, 11) is -19.4. The zero-order valence-electron chi connectivity index (χ0n) is 14.3. The van der Waals surface area contributed by atoms with Crippen LogP contribution in [0, 0.1) is 0 Å². The SMILES string of the molecule is O=S(=O)(Cl)C(F)(F)C(F)(F)S(=O)(=O)c1ccc(Cl)c(S(=O)(=O)C(F)(F)C(F)(F)S(=O)(=O)Cl)c1. The van der Waals surface area contributed by atoms with Crippen LogP contribution in [0.15, 0.2) is 28.0 Å². The summed E-state index contributed by atoms with van der Waals surface area (Å²) >= 11 is 5.19. The Morgan fingerprint density at radius 2 is 0.909 bits per heavy atom. The largest absolute Gasteiger partial charge is 0.436 e. The highest BCUT2D eigenvalue weighted by Crippen LogP contribution is 2.50. The van der Waals surface area contributed by atoms with Gasteiger partial charge in [-0.1, -0.05) is 11.6 Å². The molecule has 0 aliphatic carbocycles. The molecule has 0 aromatic heterocycles. The Morgan fingerprint density at radius 1 is 0.576 bits per heavy atom. The summed E-state index contributed by atoms with van der Waals surface area (Å²) in [5.74, 6) is 0. The fourth-order valence-electron chi connectivity index (χ4n) is 1.74. The second-order valence-corrected chi connectivity index (χ2v) is 15.1. The third-order valence-electron chi connectivity index (χ3n) is 3.47. The molecule has 0 N–H and O–H groups in total. The lowest BCUT2D eigenvalue weighted by Crippen LogP contribution is -2.51. The van der Waals surface area contributed by atoms with E-state index >= 15 is 0 Å². The minimum absolute atomic E-state index is 0.131. The predicted octanol–water partition coefficient (Wildman–Crippen LogP) is 3.40. The third-order valence-corrected chi connectivity index (χ3v) is 10.7. The number of benzene rings is 1. The molecule has 0 radical (unpaired) electrons. The normalized spacial score (nSPS) is 15.5. The number of alkyl halides is 8. The van der Waals surface area contributed by atoms with Gasteiger partial charge in [0.1, 0.15) is 0 Å². The van der Waals surface area contributed by atoms with Gasteiger partial charge in [0, 0.05) is 21.4 Å². The van der Waals surface area contributed by atoms with Crippen LogP contribution >= 0.6 is 33.0 Å². The number of halogens is 11. The van der Waals surface area contributed by atoms with Crippen LogP contribution in [0.3, 0.4) is 0 Å². The molecule has 0 atom stereocenters. The summed E-state index contributed by atoms with van der Waals surface area (Å²) in [4.78, 5) is -4.80. The number of sulfone groups is 2. The van der Waals surface area contributed by atoms with Crippen LogP contribution in [0.25, 0.3) is 0 Å². The van der Waals surface area contributed by atoms with Crippen molar-refractivity contribution in [1.29, 1.82) is 0 Å². The predicted molar refractivity (Wildman–Crippen MR) is 95.2 cm³/mol. The molecule has 1 aromatic rings. The van der Waals surface area contributed by atoms with Gasteiger partial charge in [0.05, 0.1) is 14.8 Å². The first-order chi connectivity index (χ1) is 14.1. The molecule has 0 spiro atoms. The van der Waals surface area contributed by atoms with E-state index < -0.39 is 79.7 Å². The van der Waals surface area contributed by atoms with Crippen molar-refractivity contribution in [3.05, 3.63) is 23.2 Å². The molecule has 33 heavy (non-hydrogen) atoms. The van der Waals surface area contributed by atoms with E-state index in [0.717, 1.165) is 0 Å². The van der Waals surface area contributed by atoms with E-state index in [-0.39, 0.29) is 12.1 Å². The van der Waals surface area contributed by atoms with Gasteiger partial charge < -0.3 is 0 Å². The van der Waals surface area contributed by atoms with E-state index in [4.69, 9.17) is 11.6 Å². The lowest BCUT2D eigenvalue weighted by atomic mass is 10.4. The molecule has 0 saturated carbocycles. The van der Waals surface area contributed by atoms with E-state index in [2.05, 4.69) is 21.4 Å². The average Bonchev–Trinajstić information content (AvgIpc) is 2.59. The molecule has 0 heterocycles. The topological polar surface area (TPSA) is 137 Å². The Balaban J connectivity index is 3.95. The molecule has 1 rings (SSSR count). The summed E-state index contributed by atoms with van der Waals surface area (Å²) in [6.07, 6.45) is 0. The van der Waals surface area contributed by atoms with Crippen molar-refractivity contribution >= 4 is 70.7 Å². The molecule has 0 unspecified atom stereocenters. The second-order valence-electron chi connectivity index (χ2n) is 5.54. The fraction of sp³-hybridized carbons (Fsp3) is 0.400. The smallest absolute Gasteiger partial charge is 0.217 e. The average molecular weight is 638 g/mol. The van der Waals surface area contributed by atoms with Crippen molar-refractivity contribution in [2.24, 2.45) is 0 Å². The fourth-order valence-corrected chi connectivity index (χ4v) is 7.30. The van der Waals surface area contributed by atoms with Gasteiger partial charge in [-0.3, -0.25) is 0 Å². The van der Waals surface area contributed by atoms with Crippen molar-refractivity contribution in [2.45, 2.75) is 30.8 Å². The second kappa shape index (κ2) is 8.19. The molecule has 0 fully saturated rings. The van der Waals surface area contributed by atoms with Gasteiger partial charge in [0.25, 0.3) is 19.7 Å². The molecule has 192 valence electrons. The Hall–Kier alpha value is -0.670. The molecule has 8 nitrogen and oxygen atoms in total. The van der Waals surface area contributed by atoms with Crippen LogP contribution < -0.4 is 0 Å². The first kappa shape index (κ1) is 30.4. The van der Waals surface area contributed by atoms with Gasteiger partial charge in [0.2, 0.25) is 0 Å². The molecule has 0 amide bonds. The summed E-state index contributed by atoms with van der Waals surface area (Å²) < 4.78 is 200. The standard InChI is InChI=1S/C10H3Cl3F8O8S4/c11-5-2-1-4(30(22,23)7(14,15)9(18,19)32(12,26)27)3-6(5)31(24,25)8(16,17)10(20,21)33(13,28)29/h1-3H. The highest BCUT2D eigenvalue weighted by molar-refractivity contribution is 8.15. The van der Waals surface area contributed by atoms with Gasteiger partial charge >= 0.3 is 39.1 Å². The maximum absolute atomic E-state index is 14.0. The van der Waals surface area contributed by atoms with Crippen LogP contribution in [0.5, 0.6) is 0 Å². The first-order valence-corrected chi connectivity index (χ1v) is 14.8. The van der Waals surface area contributed by atoms with E-state index in [1.165, 1.54) is 0 Å². The quantitative estimate of drug-likeness (QED) is 0.313. The van der Waals surface area contributed by atoms with Crippen LogP contribution in [0.2, 0.25) is 5.02 Å². The molecule has 0 aliphatic heterocycles. The Morgan fingerprint density at radius 3 is 1.24 bits per heavy atom. The van der Waals surface area contributed by atoms with Crippen LogP contribution in [0.1, 0.15) is 0 Å². The summed E-state index contributed by atoms with van der Waals surface area (Å²) in [5.41, 5.74) is 0. The lowest BCUT2D eigenvalue weighted by molar-refractivity contribution is -0.0954. The van der Waals surface area contributed by atoms with Crippen molar-refractivity contribution in [2.75, 3.05) is 0 Å². The zero-order chi connectivity index (χ0) is 26.9. The van der Waals surface area contributed by atoms with E-state index in [9.17, 15) is 68.8 Å². The monoisotopic (exact) mass is 636 g/mol. The van der Waals surface area contributed by atoms with Crippen LogP contribution in [-0.4, -0.2) is 54.7 Å². The highest BCUT2D eigenvalue weighted by Gasteiger charge is 2.74. The van der Waals surface area contributed by atoms with Crippen molar-refractivity contribution in [3.63, 3.8) is 0 Å². The van der Waals surface area contributed by atoms with Gasteiger partial charge in [-0.2, -0.15) is 35.1 Å². The highest BCUT2D eigenvalue weighted by atomic mass is 35.7. The summed E-state index contributed by atoms with van der Waals surface area (Å²) in [6, 6.07) is -1.19. The Bertz CT molecular complexity index is 1410. The summed E-state index contributed by atoms with van der Waals surface area (Å²) in [5, 5.41) is -28.2. The van der Waals surface area contributed by atoms with Crippen LogP contribution in [0.4, 0.5) is 35.1 Å². The van der Waals surface area contributed by atoms with Crippen molar-refractivity contribution < 1.29 is 68.8 Å². The van der Waals surface area contributed by atoms with Gasteiger partial charge in [-0.25, -0.2) is 33.7 Å². The molecule has 1 aromatic carbocycles.